The standard InChI is InChI=1S/C28H16BF12.C20H16Cl3OS/c30-25(31,32)17-1-9-21(10-2-17)29(22-11-3-18(4-12-22)26(33,34)35,23-13-5-19(6-14-23)27(36,37)38)24-15-7-20(8-16-24)28(39,40)41;21-20(22,23)17-13-11-16(12-14-17)15-25(24,18-7-3-1-4-8-18)19-9-5-2-6-10-19/h1-16H;1-14H,15H2/q-1;+1. The van der Waals surface area contributed by atoms with Gasteiger partial charge >= 0.3 is 24.7 Å². The summed E-state index contributed by atoms with van der Waals surface area (Å²) in [5.74, 6) is 0.390. The second-order valence-electron chi connectivity index (χ2n) is 15.0. The highest BCUT2D eigenvalue weighted by Crippen LogP contribution is 2.39. The molecule has 0 N–H and O–H groups in total. The zero-order valence-corrected chi connectivity index (χ0v) is 36.7. The maximum Gasteiger partial charge on any atom is 0.416 e. The summed E-state index contributed by atoms with van der Waals surface area (Å²) >= 11 is 17.7. The van der Waals surface area contributed by atoms with Crippen molar-refractivity contribution in [1.82, 2.24) is 0 Å². The fraction of sp³-hybridized carbons (Fsp3) is 0.125. The predicted molar refractivity (Wildman–Crippen MR) is 237 cm³/mol. The molecular formula is C48H32BCl3F12OS. The number of halogens is 15. The summed E-state index contributed by atoms with van der Waals surface area (Å²) in [5, 5.41) is 0. The van der Waals surface area contributed by atoms with Crippen LogP contribution in [0.4, 0.5) is 52.7 Å². The Morgan fingerprint density at radius 2 is 0.591 bits per heavy atom. The van der Waals surface area contributed by atoms with Crippen molar-refractivity contribution in [3.05, 3.63) is 215 Å². The van der Waals surface area contributed by atoms with Gasteiger partial charge in [-0.05, 0) is 24.3 Å². The SMILES string of the molecule is FC(F)(F)c1ccc([B-](c2ccc(C(F)(F)F)cc2)(c2ccc(C(F)(F)F)cc2)c2ccc(C(F)(F)F)cc2)cc1.O=[S+](Cc1ccc(C(Cl)(Cl)Cl)cc1)(c1ccccc1)c1ccccc1. The molecule has 0 saturated carbocycles. The van der Waals surface area contributed by atoms with Gasteiger partial charge in [0.2, 0.25) is 3.79 Å². The summed E-state index contributed by atoms with van der Waals surface area (Å²) in [7, 11) is -2.45. The summed E-state index contributed by atoms with van der Waals surface area (Å²) < 4.78 is 173. The molecule has 7 aromatic carbocycles. The van der Waals surface area contributed by atoms with Crippen molar-refractivity contribution in [2.75, 3.05) is 0 Å². The average Bonchev–Trinajstić information content (AvgIpc) is 3.27. The first-order chi connectivity index (χ1) is 30.7. The van der Waals surface area contributed by atoms with Crippen molar-refractivity contribution in [2.45, 2.75) is 44.0 Å². The van der Waals surface area contributed by atoms with E-state index in [-0.39, 0.29) is 21.9 Å². The van der Waals surface area contributed by atoms with Crippen LogP contribution in [0.3, 0.4) is 0 Å². The van der Waals surface area contributed by atoms with Crippen LogP contribution < -0.4 is 21.9 Å². The second-order valence-corrected chi connectivity index (χ2v) is 19.8. The lowest BCUT2D eigenvalue weighted by molar-refractivity contribution is -0.138. The Bertz CT molecular complexity index is 2460. The molecule has 0 atom stereocenters. The van der Waals surface area contributed by atoms with Gasteiger partial charge in [-0.3, -0.25) is 0 Å². The van der Waals surface area contributed by atoms with Crippen molar-refractivity contribution in [3.63, 3.8) is 0 Å². The monoisotopic (exact) mass is 1000 g/mol. The smallest absolute Gasteiger partial charge is 0.195 e. The Hall–Kier alpha value is -5.22. The van der Waals surface area contributed by atoms with E-state index in [4.69, 9.17) is 34.8 Å². The highest BCUT2D eigenvalue weighted by Gasteiger charge is 2.39. The van der Waals surface area contributed by atoms with Gasteiger partial charge in [-0.15, -0.1) is 0 Å². The van der Waals surface area contributed by atoms with E-state index in [0.29, 0.717) is 59.8 Å². The normalized spacial score (nSPS) is 12.9. The molecular weight excluding hydrogens is 970 g/mol. The van der Waals surface area contributed by atoms with Crippen molar-refractivity contribution in [1.29, 1.82) is 0 Å². The van der Waals surface area contributed by atoms with Gasteiger partial charge in [0, 0.05) is 11.1 Å². The lowest BCUT2D eigenvalue weighted by Gasteiger charge is -2.44. The van der Waals surface area contributed by atoms with E-state index >= 15 is 0 Å². The van der Waals surface area contributed by atoms with Crippen LogP contribution in [0, 0.1) is 0 Å². The van der Waals surface area contributed by atoms with Gasteiger partial charge in [0.25, 0.3) is 0 Å². The summed E-state index contributed by atoms with van der Waals surface area (Å²) in [6.07, 6.45) is -22.0. The molecule has 0 amide bonds. The van der Waals surface area contributed by atoms with E-state index in [2.05, 4.69) is 0 Å². The van der Waals surface area contributed by atoms with Crippen LogP contribution in [-0.4, -0.2) is 6.15 Å². The number of rotatable bonds is 8. The first-order valence-corrected chi connectivity index (χ1v) is 22.2. The molecule has 1 nitrogen and oxygen atoms in total. The molecule has 0 unspecified atom stereocenters. The van der Waals surface area contributed by atoms with Gasteiger partial charge in [-0.1, -0.05) is 197 Å². The molecule has 0 bridgehead atoms. The molecule has 7 rings (SSSR count). The van der Waals surface area contributed by atoms with Crippen LogP contribution in [0.15, 0.2) is 192 Å². The van der Waals surface area contributed by atoms with E-state index < -0.39 is 66.8 Å². The summed E-state index contributed by atoms with van der Waals surface area (Å²) in [6, 6.07) is 39.9. The second kappa shape index (κ2) is 19.2. The van der Waals surface area contributed by atoms with Gasteiger partial charge in [-0.2, -0.15) is 74.5 Å². The van der Waals surface area contributed by atoms with Gasteiger partial charge in [0.05, 0.1) is 22.3 Å². The molecule has 0 radical (unpaired) electrons. The Morgan fingerprint density at radius 3 is 0.818 bits per heavy atom. The van der Waals surface area contributed by atoms with E-state index in [9.17, 15) is 56.9 Å². The number of hydrogen-bond acceptors (Lipinski definition) is 1. The fourth-order valence-electron chi connectivity index (χ4n) is 7.61. The van der Waals surface area contributed by atoms with Gasteiger partial charge < -0.3 is 0 Å². The minimum Gasteiger partial charge on any atom is -0.195 e. The van der Waals surface area contributed by atoms with E-state index in [1.165, 1.54) is 0 Å². The first-order valence-electron chi connectivity index (χ1n) is 19.4. The topological polar surface area (TPSA) is 17.1 Å². The Balaban J connectivity index is 0.000000245. The highest BCUT2D eigenvalue weighted by molar-refractivity contribution is 8.02. The van der Waals surface area contributed by atoms with Crippen LogP contribution in [0.25, 0.3) is 0 Å². The zero-order valence-electron chi connectivity index (χ0n) is 33.6. The Kier molecular flexibility index (Phi) is 14.6. The van der Waals surface area contributed by atoms with Gasteiger partial charge in [0.15, 0.2) is 19.7 Å². The summed E-state index contributed by atoms with van der Waals surface area (Å²) in [6.45, 7) is 0. The van der Waals surface area contributed by atoms with E-state index in [1.807, 2.05) is 72.8 Å². The molecule has 0 aliphatic carbocycles. The Morgan fingerprint density at radius 1 is 0.348 bits per heavy atom. The quantitative estimate of drug-likeness (QED) is 0.0642. The van der Waals surface area contributed by atoms with Crippen molar-refractivity contribution < 1.29 is 56.9 Å². The van der Waals surface area contributed by atoms with Crippen molar-refractivity contribution >= 4 is 72.7 Å². The number of benzene rings is 7. The zero-order chi connectivity index (χ0) is 48.3. The maximum absolute atomic E-state index is 14.0. The molecule has 18 heteroatoms. The molecule has 0 aliphatic heterocycles. The minimum absolute atomic E-state index is 0.0114. The third-order valence-electron chi connectivity index (χ3n) is 10.9. The maximum atomic E-state index is 14.0. The fourth-order valence-corrected chi connectivity index (χ4v) is 10.4. The Labute approximate surface area is 387 Å². The molecule has 7 aromatic rings. The van der Waals surface area contributed by atoms with Crippen molar-refractivity contribution in [3.8, 4) is 0 Å². The first kappa shape index (κ1) is 50.2. The molecule has 344 valence electrons. The number of alkyl halides is 15. The van der Waals surface area contributed by atoms with Crippen LogP contribution in [0.1, 0.15) is 33.4 Å². The third kappa shape index (κ3) is 11.3. The van der Waals surface area contributed by atoms with Crippen LogP contribution in [0.2, 0.25) is 0 Å². The minimum atomic E-state index is -4.77. The lowest BCUT2D eigenvalue weighted by atomic mass is 9.13. The summed E-state index contributed by atoms with van der Waals surface area (Å²) in [4.78, 5) is 1.62. The molecule has 0 saturated heterocycles. The highest BCUT2D eigenvalue weighted by atomic mass is 35.6. The van der Waals surface area contributed by atoms with Gasteiger partial charge in [-0.25, -0.2) is 0 Å². The molecule has 0 spiro atoms. The largest absolute Gasteiger partial charge is 0.416 e. The third-order valence-corrected chi connectivity index (χ3v) is 14.3. The average molecular weight is 1000 g/mol. The van der Waals surface area contributed by atoms with E-state index in [1.54, 1.807) is 12.1 Å². The molecule has 66 heavy (non-hydrogen) atoms. The van der Waals surface area contributed by atoms with Crippen LogP contribution >= 0.6 is 34.8 Å². The molecule has 0 aliphatic rings. The van der Waals surface area contributed by atoms with Gasteiger partial charge in [0.1, 0.15) is 11.9 Å². The predicted octanol–water partition coefficient (Wildman–Crippen LogP) is 13.8. The van der Waals surface area contributed by atoms with Crippen LogP contribution in [0.5, 0.6) is 0 Å². The number of hydrogen-bond donors (Lipinski definition) is 0. The molecule has 0 fully saturated rings. The van der Waals surface area contributed by atoms with E-state index in [0.717, 1.165) is 63.9 Å². The van der Waals surface area contributed by atoms with Crippen molar-refractivity contribution in [2.24, 2.45) is 0 Å². The molecule has 0 heterocycles. The summed E-state index contributed by atoms with van der Waals surface area (Å²) in [5.41, 5.74) is -2.78. The van der Waals surface area contributed by atoms with Crippen LogP contribution in [-0.2, 0) is 48.4 Å². The lowest BCUT2D eigenvalue weighted by Crippen LogP contribution is -2.74. The molecule has 0 aromatic heterocycles.